The highest BCUT2D eigenvalue weighted by atomic mass is 32.2. The first-order valence-electron chi connectivity index (χ1n) is 10.7. The van der Waals surface area contributed by atoms with E-state index in [1.54, 1.807) is 47.4 Å². The molecule has 0 saturated heterocycles. The monoisotopic (exact) mass is 485 g/mol. The molecule has 1 N–H and O–H groups in total. The molecule has 0 aliphatic heterocycles. The van der Waals surface area contributed by atoms with Crippen molar-refractivity contribution in [1.82, 2.24) is 14.5 Å². The molecule has 9 heteroatoms. The molecule has 1 aromatic heterocycles. The zero-order valence-electron chi connectivity index (χ0n) is 19.1. The van der Waals surface area contributed by atoms with Gasteiger partial charge in [-0.25, -0.2) is 17.5 Å². The van der Waals surface area contributed by atoms with E-state index < -0.39 is 10.0 Å². The summed E-state index contributed by atoms with van der Waals surface area (Å²) in [6, 6.07) is 15.7. The van der Waals surface area contributed by atoms with Crippen LogP contribution in [0.3, 0.4) is 0 Å². The number of hydrogen-bond acceptors (Lipinski definition) is 5. The SMILES string of the molecule is CN(C)CCN(Cc1ccc(F)cc1)C(=O)/C=C/c1ccc(S(=O)(=O)NCc2ccco2)cc1. The summed E-state index contributed by atoms with van der Waals surface area (Å²) in [5, 5.41) is 0. The van der Waals surface area contributed by atoms with Crippen molar-refractivity contribution >= 4 is 22.0 Å². The Morgan fingerprint density at radius 3 is 2.35 bits per heavy atom. The van der Waals surface area contributed by atoms with Gasteiger partial charge in [0.05, 0.1) is 17.7 Å². The summed E-state index contributed by atoms with van der Waals surface area (Å²) in [4.78, 5) is 16.6. The molecule has 0 saturated carbocycles. The molecular weight excluding hydrogens is 457 g/mol. The van der Waals surface area contributed by atoms with Crippen molar-refractivity contribution < 1.29 is 22.0 Å². The molecule has 180 valence electrons. The third-order valence-corrected chi connectivity index (χ3v) is 6.46. The van der Waals surface area contributed by atoms with Gasteiger partial charge in [-0.15, -0.1) is 0 Å². The first kappa shape index (κ1) is 25.4. The van der Waals surface area contributed by atoms with Crippen LogP contribution in [0.4, 0.5) is 4.39 Å². The molecule has 0 spiro atoms. The lowest BCUT2D eigenvalue weighted by Crippen LogP contribution is -2.35. The molecule has 1 amide bonds. The molecule has 0 fully saturated rings. The quantitative estimate of drug-likeness (QED) is 0.421. The van der Waals surface area contributed by atoms with Crippen LogP contribution in [0.5, 0.6) is 0 Å². The van der Waals surface area contributed by atoms with E-state index in [-0.39, 0.29) is 23.2 Å². The highest BCUT2D eigenvalue weighted by molar-refractivity contribution is 7.89. The number of carbonyl (C=O) groups excluding carboxylic acids is 1. The molecule has 0 unspecified atom stereocenters. The number of nitrogens with one attached hydrogen (secondary N) is 1. The summed E-state index contributed by atoms with van der Waals surface area (Å²) < 4.78 is 45.7. The number of hydrogen-bond donors (Lipinski definition) is 1. The van der Waals surface area contributed by atoms with Crippen molar-refractivity contribution in [3.05, 3.63) is 95.7 Å². The molecular formula is C25H28FN3O4S. The molecule has 1 heterocycles. The first-order chi connectivity index (χ1) is 16.2. The maximum absolute atomic E-state index is 13.2. The summed E-state index contributed by atoms with van der Waals surface area (Å²) in [7, 11) is 0.160. The summed E-state index contributed by atoms with van der Waals surface area (Å²) in [6.45, 7) is 1.60. The molecule has 0 aliphatic rings. The van der Waals surface area contributed by atoms with E-state index >= 15 is 0 Å². The Hall–Kier alpha value is -3.27. The number of sulfonamides is 1. The number of amides is 1. The second-order valence-electron chi connectivity index (χ2n) is 8.00. The molecule has 7 nitrogen and oxygen atoms in total. The minimum absolute atomic E-state index is 0.0579. The lowest BCUT2D eigenvalue weighted by Gasteiger charge is -2.23. The van der Waals surface area contributed by atoms with Crippen LogP contribution >= 0.6 is 0 Å². The third kappa shape index (κ3) is 7.65. The van der Waals surface area contributed by atoms with Crippen molar-refractivity contribution in [2.24, 2.45) is 0 Å². The van der Waals surface area contributed by atoms with Crippen LogP contribution in [0.25, 0.3) is 6.08 Å². The topological polar surface area (TPSA) is 82.9 Å². The van der Waals surface area contributed by atoms with E-state index in [0.29, 0.717) is 31.0 Å². The molecule has 0 radical (unpaired) electrons. The van der Waals surface area contributed by atoms with Crippen molar-refractivity contribution in [2.45, 2.75) is 18.0 Å². The zero-order valence-corrected chi connectivity index (χ0v) is 20.0. The molecule has 3 rings (SSSR count). The Morgan fingerprint density at radius 2 is 1.74 bits per heavy atom. The van der Waals surface area contributed by atoms with Gasteiger partial charge in [-0.05, 0) is 67.7 Å². The normalized spacial score (nSPS) is 11.9. The average molecular weight is 486 g/mol. The van der Waals surface area contributed by atoms with Crippen LogP contribution in [-0.4, -0.2) is 51.3 Å². The van der Waals surface area contributed by atoms with Gasteiger partial charge in [-0.2, -0.15) is 0 Å². The number of rotatable bonds is 11. The van der Waals surface area contributed by atoms with E-state index in [4.69, 9.17) is 4.42 Å². The minimum atomic E-state index is -3.69. The summed E-state index contributed by atoms with van der Waals surface area (Å²) in [6.07, 6.45) is 4.58. The van der Waals surface area contributed by atoms with Gasteiger partial charge in [0, 0.05) is 25.7 Å². The van der Waals surface area contributed by atoms with Gasteiger partial charge >= 0.3 is 0 Å². The van der Waals surface area contributed by atoms with Gasteiger partial charge in [0.1, 0.15) is 11.6 Å². The van der Waals surface area contributed by atoms with Gasteiger partial charge in [0.2, 0.25) is 15.9 Å². The molecule has 34 heavy (non-hydrogen) atoms. The first-order valence-corrected chi connectivity index (χ1v) is 12.2. The smallest absolute Gasteiger partial charge is 0.246 e. The van der Waals surface area contributed by atoms with Crippen molar-refractivity contribution in [1.29, 1.82) is 0 Å². The number of furan rings is 1. The number of halogens is 1. The Labute approximate surface area is 199 Å². The van der Waals surface area contributed by atoms with Gasteiger partial charge in [0.25, 0.3) is 0 Å². The number of carbonyl (C=O) groups is 1. The Morgan fingerprint density at radius 1 is 1.03 bits per heavy atom. The van der Waals surface area contributed by atoms with E-state index in [1.165, 1.54) is 36.6 Å². The van der Waals surface area contributed by atoms with Gasteiger partial charge < -0.3 is 14.2 Å². The fraction of sp³-hybridized carbons (Fsp3) is 0.240. The third-order valence-electron chi connectivity index (χ3n) is 5.04. The predicted octanol–water partition coefficient (Wildman–Crippen LogP) is 3.50. The summed E-state index contributed by atoms with van der Waals surface area (Å²) in [5.41, 5.74) is 1.52. The van der Waals surface area contributed by atoms with Gasteiger partial charge in [-0.1, -0.05) is 24.3 Å². The average Bonchev–Trinajstić information content (AvgIpc) is 3.34. The van der Waals surface area contributed by atoms with Gasteiger partial charge in [0.15, 0.2) is 0 Å². The van der Waals surface area contributed by atoms with Crippen LogP contribution in [-0.2, 0) is 27.9 Å². The largest absolute Gasteiger partial charge is 0.468 e. The van der Waals surface area contributed by atoms with Crippen molar-refractivity contribution in [2.75, 3.05) is 27.2 Å². The van der Waals surface area contributed by atoms with Crippen molar-refractivity contribution in [3.8, 4) is 0 Å². The second kappa shape index (κ2) is 11.7. The van der Waals surface area contributed by atoms with E-state index in [2.05, 4.69) is 4.72 Å². The highest BCUT2D eigenvalue weighted by Gasteiger charge is 2.15. The standard InChI is InChI=1S/C25H28FN3O4S/c1-28(2)15-16-29(19-21-5-10-22(26)11-6-21)25(30)14-9-20-7-12-24(13-8-20)34(31,32)27-18-23-4-3-17-33-23/h3-14,17,27H,15-16,18-19H2,1-2H3/b14-9+. The number of likely N-dealkylation sites (N-methyl/N-ethyl adjacent to an activating group) is 1. The van der Waals surface area contributed by atoms with Crippen LogP contribution in [0.2, 0.25) is 0 Å². The summed E-state index contributed by atoms with van der Waals surface area (Å²) >= 11 is 0. The predicted molar refractivity (Wildman–Crippen MR) is 129 cm³/mol. The van der Waals surface area contributed by atoms with Crippen LogP contribution < -0.4 is 4.72 Å². The maximum atomic E-state index is 13.2. The number of benzene rings is 2. The zero-order chi connectivity index (χ0) is 24.6. The van der Waals surface area contributed by atoms with Gasteiger partial charge in [-0.3, -0.25) is 4.79 Å². The highest BCUT2D eigenvalue weighted by Crippen LogP contribution is 2.14. The Bertz CT molecular complexity index is 1190. The van der Waals surface area contributed by atoms with Crippen LogP contribution in [0, 0.1) is 5.82 Å². The van der Waals surface area contributed by atoms with E-state index in [9.17, 15) is 17.6 Å². The van der Waals surface area contributed by atoms with Crippen molar-refractivity contribution in [3.63, 3.8) is 0 Å². The lowest BCUT2D eigenvalue weighted by atomic mass is 10.2. The second-order valence-corrected chi connectivity index (χ2v) is 9.76. The van der Waals surface area contributed by atoms with E-state index in [0.717, 1.165) is 5.56 Å². The number of nitrogens with zero attached hydrogens (tertiary/aromatic N) is 2. The molecule has 0 aliphatic carbocycles. The molecule has 0 bridgehead atoms. The van der Waals surface area contributed by atoms with E-state index in [1.807, 2.05) is 19.0 Å². The fourth-order valence-electron chi connectivity index (χ4n) is 3.09. The summed E-state index contributed by atoms with van der Waals surface area (Å²) in [5.74, 6) is 0.000488. The lowest BCUT2D eigenvalue weighted by molar-refractivity contribution is -0.126. The Balaban J connectivity index is 1.65. The maximum Gasteiger partial charge on any atom is 0.246 e. The molecule has 0 atom stereocenters. The van der Waals surface area contributed by atoms with Crippen LogP contribution in [0.1, 0.15) is 16.9 Å². The molecule has 2 aromatic carbocycles. The fourth-order valence-corrected chi connectivity index (χ4v) is 4.09. The Kier molecular flexibility index (Phi) is 8.75. The molecule has 3 aromatic rings. The minimum Gasteiger partial charge on any atom is -0.468 e. The van der Waals surface area contributed by atoms with Crippen LogP contribution in [0.15, 0.2) is 82.3 Å².